The molecule has 11 heteroatoms. The van der Waals surface area contributed by atoms with E-state index in [1.54, 1.807) is 32.8 Å². The zero-order chi connectivity index (χ0) is 26.2. The van der Waals surface area contributed by atoms with Crippen LogP contribution < -0.4 is 5.32 Å². The summed E-state index contributed by atoms with van der Waals surface area (Å²) in [6, 6.07) is 6.07. The molecule has 2 heterocycles. The maximum Gasteiger partial charge on any atom is 0.433 e. The third kappa shape index (κ3) is 7.87. The van der Waals surface area contributed by atoms with Gasteiger partial charge in [0.1, 0.15) is 17.3 Å². The van der Waals surface area contributed by atoms with Gasteiger partial charge in [-0.2, -0.15) is 13.2 Å². The second-order valence-electron chi connectivity index (χ2n) is 7.27. The van der Waals surface area contributed by atoms with Gasteiger partial charge in [-0.3, -0.25) is 14.8 Å². The molecule has 1 atom stereocenters. The molecule has 0 bridgehead atoms. The van der Waals surface area contributed by atoms with Crippen molar-refractivity contribution in [2.45, 2.75) is 45.3 Å². The van der Waals surface area contributed by atoms with Gasteiger partial charge in [0.25, 0.3) is 5.91 Å². The van der Waals surface area contributed by atoms with Gasteiger partial charge in [-0.15, -0.1) is 0 Å². The zero-order valence-electron chi connectivity index (χ0n) is 18.8. The number of halogens is 6. The standard InChI is InChI=1S/C22H16F5N3O.C2H6.AtI/c23-15-6-14(7-16(24)9-15)21(31)30-18-3-1-2-13-11-29-19(10-17(13)18)12-4-5-28-20(8-12)22(25,26)27;2*1-2/h4-11,18H,1-3H2,(H,30,31);1-2H3;. The average molecular weight is 800 g/mol. The van der Waals surface area contributed by atoms with Crippen LogP contribution in [0.5, 0.6) is 0 Å². The predicted octanol–water partition coefficient (Wildman–Crippen LogP) is 7.16. The van der Waals surface area contributed by atoms with Gasteiger partial charge in [-0.25, -0.2) is 8.78 Å². The molecule has 188 valence electrons. The number of aromatic nitrogens is 2. The van der Waals surface area contributed by atoms with Gasteiger partial charge in [-0.1, -0.05) is 13.8 Å². The van der Waals surface area contributed by atoms with Gasteiger partial charge in [0, 0.05) is 29.6 Å². The van der Waals surface area contributed by atoms with Crippen LogP contribution in [0.4, 0.5) is 22.0 Å². The van der Waals surface area contributed by atoms with Crippen molar-refractivity contribution in [3.63, 3.8) is 0 Å². The fourth-order valence-electron chi connectivity index (χ4n) is 3.66. The van der Waals surface area contributed by atoms with Gasteiger partial charge in [-0.05, 0) is 60.7 Å². The minimum absolute atomic E-state index is 0.150. The first-order valence-corrected chi connectivity index (χ1v) is 18.9. The number of carbonyl (C=O) groups excluding carboxylic acids is 1. The Kier molecular flexibility index (Phi) is 11.4. The maximum absolute atomic E-state index is 13.4. The number of alkyl halides is 3. The molecule has 1 N–H and O–H groups in total. The largest absolute Gasteiger partial charge is 0.433 e. The van der Waals surface area contributed by atoms with Gasteiger partial charge < -0.3 is 5.32 Å². The summed E-state index contributed by atoms with van der Waals surface area (Å²) in [5.74, 6) is -2.37. The number of aryl methyl sites for hydroxylation is 1. The molecule has 0 radical (unpaired) electrons. The smallest absolute Gasteiger partial charge is 0.345 e. The second-order valence-corrected chi connectivity index (χ2v) is 7.27. The van der Waals surface area contributed by atoms with Crippen molar-refractivity contribution in [3.05, 3.63) is 82.8 Å². The quantitative estimate of drug-likeness (QED) is 0.226. The van der Waals surface area contributed by atoms with Crippen LogP contribution in [-0.2, 0) is 12.6 Å². The second kappa shape index (κ2) is 13.5. The topological polar surface area (TPSA) is 54.9 Å². The molecule has 4 rings (SSSR count). The molecule has 4 nitrogen and oxygen atoms in total. The van der Waals surface area contributed by atoms with Gasteiger partial charge >= 0.3 is 44.7 Å². The Morgan fingerprint density at radius 2 is 1.71 bits per heavy atom. The summed E-state index contributed by atoms with van der Waals surface area (Å²) >= 11 is 3.90. The van der Waals surface area contributed by atoms with Crippen LogP contribution in [0, 0.1) is 32.2 Å². The van der Waals surface area contributed by atoms with E-state index in [1.165, 1.54) is 6.07 Å². The molecule has 1 aliphatic carbocycles. The van der Waals surface area contributed by atoms with E-state index in [2.05, 4.69) is 33.3 Å². The summed E-state index contributed by atoms with van der Waals surface area (Å²) in [7, 11) is 0. The first-order valence-electron chi connectivity index (χ1n) is 10.6. The number of nitrogens with zero attached hydrogens (tertiary/aromatic N) is 2. The fraction of sp³-hybridized carbons (Fsp3) is 0.292. The Bertz CT molecular complexity index is 1140. The van der Waals surface area contributed by atoms with Crippen molar-refractivity contribution < 1.29 is 47.3 Å². The summed E-state index contributed by atoms with van der Waals surface area (Å²) in [6.07, 6.45) is 0.0956. The summed E-state index contributed by atoms with van der Waals surface area (Å²) in [5.41, 5.74) is 0.950. The van der Waals surface area contributed by atoms with E-state index in [-0.39, 0.29) is 11.1 Å². The molecule has 0 saturated heterocycles. The SMILES string of the molecule is CC.I[At].O=C(NC1CCCc2cnc(-c3ccnc(C(F)(F)F)c3)cc21)c1cc(F)cc(F)c1. The predicted molar refractivity (Wildman–Crippen MR) is 127 cm³/mol. The number of carbonyl (C=O) groups is 1. The van der Waals surface area contributed by atoms with Crippen LogP contribution in [0.25, 0.3) is 11.3 Å². The Morgan fingerprint density at radius 1 is 1.06 bits per heavy atom. The van der Waals surface area contributed by atoms with E-state index < -0.39 is 35.5 Å². The van der Waals surface area contributed by atoms with Crippen molar-refractivity contribution in [2.75, 3.05) is 0 Å². The van der Waals surface area contributed by atoms with Crippen molar-refractivity contribution in [2.24, 2.45) is 0 Å². The number of nitrogens with one attached hydrogen (secondary N) is 1. The van der Waals surface area contributed by atoms with Crippen LogP contribution in [0.1, 0.15) is 59.9 Å². The van der Waals surface area contributed by atoms with Gasteiger partial charge in [0.2, 0.25) is 0 Å². The summed E-state index contributed by atoms with van der Waals surface area (Å²) in [4.78, 5) is 20.2. The molecule has 0 fully saturated rings. The van der Waals surface area contributed by atoms with Crippen LogP contribution >= 0.6 is 18.0 Å². The third-order valence-electron chi connectivity index (χ3n) is 5.11. The first kappa shape index (κ1) is 29.5. The number of hydrogen-bond acceptors (Lipinski definition) is 3. The van der Waals surface area contributed by atoms with Crippen LogP contribution in [0.3, 0.4) is 0 Å². The molecule has 1 amide bonds. The molecule has 0 aliphatic heterocycles. The molecule has 1 unspecified atom stereocenters. The minimum Gasteiger partial charge on any atom is -0.345 e. The molecule has 3 aromatic rings. The van der Waals surface area contributed by atoms with E-state index in [0.29, 0.717) is 30.2 Å². The molecule has 2 aromatic heterocycles. The van der Waals surface area contributed by atoms with Crippen LogP contribution in [0.2, 0.25) is 0 Å². The number of fused-ring (bicyclic) bond motifs is 1. The van der Waals surface area contributed by atoms with Gasteiger partial charge in [0.15, 0.2) is 0 Å². The van der Waals surface area contributed by atoms with Crippen molar-refractivity contribution >= 4 is 24.0 Å². The summed E-state index contributed by atoms with van der Waals surface area (Å²) in [5, 5.41) is 2.77. The molecule has 0 spiro atoms. The molecular weight excluding hydrogens is 778 g/mol. The minimum atomic E-state index is -4.58. The van der Waals surface area contributed by atoms with E-state index in [1.807, 2.05) is 13.8 Å². The Hall–Kier alpha value is -1.75. The van der Waals surface area contributed by atoms with Crippen molar-refractivity contribution in [1.29, 1.82) is 0 Å². The molecule has 35 heavy (non-hydrogen) atoms. The average Bonchev–Trinajstić information content (AvgIpc) is 2.85. The van der Waals surface area contributed by atoms with E-state index >= 15 is 0 Å². The van der Waals surface area contributed by atoms with Crippen molar-refractivity contribution in [3.8, 4) is 11.3 Å². The number of hydrogen-bond donors (Lipinski definition) is 1. The van der Waals surface area contributed by atoms with Crippen LogP contribution in [-0.4, -0.2) is 15.9 Å². The van der Waals surface area contributed by atoms with E-state index in [9.17, 15) is 26.7 Å². The van der Waals surface area contributed by atoms with E-state index in [4.69, 9.17) is 0 Å². The monoisotopic (exact) mass is 800 g/mol. The fourth-order valence-corrected chi connectivity index (χ4v) is 3.66. The number of benzene rings is 1. The maximum atomic E-state index is 13.4. The molecular formula is C24H22AtF5IN3O. The summed E-state index contributed by atoms with van der Waals surface area (Å²) in [6.45, 7) is 4.00. The number of amides is 1. The number of pyridine rings is 2. The van der Waals surface area contributed by atoms with E-state index in [0.717, 1.165) is 36.4 Å². The summed E-state index contributed by atoms with van der Waals surface area (Å²) < 4.78 is 65.9. The first-order chi connectivity index (χ1) is 16.7. The molecule has 0 saturated carbocycles. The molecule has 1 aliphatic rings. The normalized spacial score (nSPS) is 14.5. The molecule has 1 aromatic carbocycles. The number of rotatable bonds is 3. The Balaban J connectivity index is 0.00000103. The Labute approximate surface area is 224 Å². The zero-order valence-corrected chi connectivity index (χ0v) is 23.9. The van der Waals surface area contributed by atoms with Gasteiger partial charge in [0.05, 0.1) is 11.7 Å². The third-order valence-corrected chi connectivity index (χ3v) is 5.11. The van der Waals surface area contributed by atoms with Crippen molar-refractivity contribution in [1.82, 2.24) is 15.3 Å². The Morgan fingerprint density at radius 3 is 2.34 bits per heavy atom. The van der Waals surface area contributed by atoms with Crippen LogP contribution in [0.15, 0.2) is 48.8 Å².